The maximum Gasteiger partial charge on any atom is 0.160 e. The van der Waals surface area contributed by atoms with Gasteiger partial charge in [-0.2, -0.15) is 0 Å². The molecule has 0 saturated carbocycles. The van der Waals surface area contributed by atoms with Gasteiger partial charge in [-0.1, -0.05) is 121 Å². The first kappa shape index (κ1) is 23.4. The summed E-state index contributed by atoms with van der Waals surface area (Å²) in [6.07, 6.45) is 0. The molecule has 0 spiro atoms. The molecule has 41 heavy (non-hydrogen) atoms. The summed E-state index contributed by atoms with van der Waals surface area (Å²) in [4.78, 5) is 9.94. The summed E-state index contributed by atoms with van der Waals surface area (Å²) in [6.45, 7) is 0. The van der Waals surface area contributed by atoms with E-state index >= 15 is 0 Å². The first-order valence-corrected chi connectivity index (χ1v) is 13.9. The van der Waals surface area contributed by atoms with Gasteiger partial charge >= 0.3 is 0 Å². The molecule has 8 aromatic rings. The highest BCUT2D eigenvalue weighted by molar-refractivity contribution is 6.21. The fourth-order valence-corrected chi connectivity index (χ4v) is 5.87. The highest BCUT2D eigenvalue weighted by Crippen LogP contribution is 2.37. The molecule has 0 aliphatic carbocycles. The van der Waals surface area contributed by atoms with Crippen LogP contribution in [0.5, 0.6) is 0 Å². The maximum absolute atomic E-state index is 5.01. The van der Waals surface area contributed by atoms with Gasteiger partial charge in [0.15, 0.2) is 5.82 Å². The molecule has 192 valence electrons. The second-order valence-corrected chi connectivity index (χ2v) is 10.3. The molecule has 3 nitrogen and oxygen atoms in total. The van der Waals surface area contributed by atoms with Crippen molar-refractivity contribution in [3.63, 3.8) is 0 Å². The number of hydrogen-bond donors (Lipinski definition) is 0. The summed E-state index contributed by atoms with van der Waals surface area (Å²) in [5.41, 5.74) is 8.46. The Bertz CT molecular complexity index is 2120. The van der Waals surface area contributed by atoms with E-state index in [0.717, 1.165) is 39.6 Å². The molecular formula is C38H25N3. The highest BCUT2D eigenvalue weighted by atomic mass is 15.0. The van der Waals surface area contributed by atoms with Crippen molar-refractivity contribution in [1.29, 1.82) is 0 Å². The van der Waals surface area contributed by atoms with Gasteiger partial charge in [-0.3, -0.25) is 0 Å². The van der Waals surface area contributed by atoms with E-state index in [1.54, 1.807) is 0 Å². The molecule has 0 bridgehead atoms. The third-order valence-corrected chi connectivity index (χ3v) is 7.81. The van der Waals surface area contributed by atoms with E-state index in [2.05, 4.69) is 120 Å². The second-order valence-electron chi connectivity index (χ2n) is 10.3. The van der Waals surface area contributed by atoms with Crippen molar-refractivity contribution in [2.75, 3.05) is 0 Å². The molecule has 0 amide bonds. The zero-order valence-corrected chi connectivity index (χ0v) is 22.3. The van der Waals surface area contributed by atoms with Crippen molar-refractivity contribution in [1.82, 2.24) is 14.5 Å². The summed E-state index contributed by atoms with van der Waals surface area (Å²) >= 11 is 0. The zero-order chi connectivity index (χ0) is 27.2. The summed E-state index contributed by atoms with van der Waals surface area (Å²) in [5, 5.41) is 5.09. The van der Waals surface area contributed by atoms with Crippen LogP contribution in [0.1, 0.15) is 0 Å². The summed E-state index contributed by atoms with van der Waals surface area (Å²) in [7, 11) is 0. The van der Waals surface area contributed by atoms with E-state index < -0.39 is 0 Å². The Hall–Kier alpha value is -5.54. The van der Waals surface area contributed by atoms with Crippen LogP contribution in [0.2, 0.25) is 0 Å². The quantitative estimate of drug-likeness (QED) is 0.230. The standard InChI is InChI=1S/C38H25N3/c1-3-12-27(13-4-1)33-25-34(40-38(39-33)29-14-5-2-6-15-29)28-19-22-30(23-20-28)41-35-18-10-9-17-32(35)37-31-16-8-7-11-26(31)21-24-36(37)41/h1-25H. The number of rotatable bonds is 4. The number of hydrogen-bond acceptors (Lipinski definition) is 2. The average Bonchev–Trinajstić information content (AvgIpc) is 3.40. The van der Waals surface area contributed by atoms with E-state index in [1.807, 2.05) is 36.4 Å². The van der Waals surface area contributed by atoms with Crippen molar-refractivity contribution in [3.8, 4) is 39.6 Å². The molecular weight excluding hydrogens is 498 g/mol. The third kappa shape index (κ3) is 3.98. The molecule has 0 fully saturated rings. The summed E-state index contributed by atoms with van der Waals surface area (Å²) < 4.78 is 2.37. The number of para-hydroxylation sites is 1. The minimum Gasteiger partial charge on any atom is -0.309 e. The number of benzene rings is 6. The Labute approximate surface area is 238 Å². The third-order valence-electron chi connectivity index (χ3n) is 7.81. The Kier molecular flexibility index (Phi) is 5.46. The molecule has 8 rings (SSSR count). The second kappa shape index (κ2) is 9.58. The van der Waals surface area contributed by atoms with Crippen LogP contribution < -0.4 is 0 Å². The molecule has 0 aliphatic heterocycles. The van der Waals surface area contributed by atoms with Crippen LogP contribution in [0.3, 0.4) is 0 Å². The van der Waals surface area contributed by atoms with Crippen molar-refractivity contribution in [2.45, 2.75) is 0 Å². The van der Waals surface area contributed by atoms with Gasteiger partial charge in [0.05, 0.1) is 22.4 Å². The van der Waals surface area contributed by atoms with Crippen LogP contribution in [0.4, 0.5) is 0 Å². The Morgan fingerprint density at radius 3 is 1.73 bits per heavy atom. The van der Waals surface area contributed by atoms with Gasteiger partial charge < -0.3 is 4.57 Å². The predicted octanol–water partition coefficient (Wildman–Crippen LogP) is 9.73. The fourth-order valence-electron chi connectivity index (χ4n) is 5.87. The molecule has 0 radical (unpaired) electrons. The lowest BCUT2D eigenvalue weighted by Crippen LogP contribution is -1.97. The first-order chi connectivity index (χ1) is 20.3. The first-order valence-electron chi connectivity index (χ1n) is 13.9. The minimum atomic E-state index is 0.723. The van der Waals surface area contributed by atoms with Crippen LogP contribution in [0.15, 0.2) is 152 Å². The van der Waals surface area contributed by atoms with Crippen LogP contribution in [0, 0.1) is 0 Å². The Morgan fingerprint density at radius 1 is 0.415 bits per heavy atom. The molecule has 6 aromatic carbocycles. The lowest BCUT2D eigenvalue weighted by Gasteiger charge is -2.11. The number of nitrogens with zero attached hydrogens (tertiary/aromatic N) is 3. The van der Waals surface area contributed by atoms with Gasteiger partial charge in [-0.05, 0) is 41.1 Å². The average molecular weight is 524 g/mol. The van der Waals surface area contributed by atoms with Gasteiger partial charge in [0.2, 0.25) is 0 Å². The molecule has 0 N–H and O–H groups in total. The molecule has 3 heteroatoms. The Balaban J connectivity index is 1.29. The van der Waals surface area contributed by atoms with Gasteiger partial charge in [-0.25, -0.2) is 9.97 Å². The van der Waals surface area contributed by atoms with Crippen molar-refractivity contribution in [3.05, 3.63) is 152 Å². The predicted molar refractivity (Wildman–Crippen MR) is 170 cm³/mol. The summed E-state index contributed by atoms with van der Waals surface area (Å²) in [6, 6.07) is 53.1. The molecule has 2 aromatic heterocycles. The highest BCUT2D eigenvalue weighted by Gasteiger charge is 2.15. The van der Waals surface area contributed by atoms with Crippen LogP contribution in [-0.4, -0.2) is 14.5 Å². The van der Waals surface area contributed by atoms with E-state index in [-0.39, 0.29) is 0 Å². The Morgan fingerprint density at radius 2 is 1.00 bits per heavy atom. The number of fused-ring (bicyclic) bond motifs is 5. The van der Waals surface area contributed by atoms with Crippen molar-refractivity contribution >= 4 is 32.6 Å². The molecule has 0 saturated heterocycles. The van der Waals surface area contributed by atoms with Crippen molar-refractivity contribution in [2.24, 2.45) is 0 Å². The van der Waals surface area contributed by atoms with E-state index in [0.29, 0.717) is 0 Å². The van der Waals surface area contributed by atoms with E-state index in [9.17, 15) is 0 Å². The summed E-state index contributed by atoms with van der Waals surface area (Å²) in [5.74, 6) is 0.723. The van der Waals surface area contributed by atoms with E-state index in [1.165, 1.54) is 32.6 Å². The zero-order valence-electron chi connectivity index (χ0n) is 22.3. The van der Waals surface area contributed by atoms with Gasteiger partial charge in [-0.15, -0.1) is 0 Å². The monoisotopic (exact) mass is 523 g/mol. The normalized spacial score (nSPS) is 11.4. The molecule has 0 atom stereocenters. The van der Waals surface area contributed by atoms with Crippen LogP contribution in [-0.2, 0) is 0 Å². The van der Waals surface area contributed by atoms with Gasteiger partial charge in [0.25, 0.3) is 0 Å². The van der Waals surface area contributed by atoms with Crippen LogP contribution in [0.25, 0.3) is 72.2 Å². The topological polar surface area (TPSA) is 30.7 Å². The largest absolute Gasteiger partial charge is 0.309 e. The smallest absolute Gasteiger partial charge is 0.160 e. The SMILES string of the molecule is c1ccc(-c2cc(-c3ccc(-n4c5ccccc5c5c6ccccc6ccc54)cc3)nc(-c3ccccc3)n2)cc1. The molecule has 0 unspecified atom stereocenters. The fraction of sp³-hybridized carbons (Fsp3) is 0. The minimum absolute atomic E-state index is 0.723. The van der Waals surface area contributed by atoms with Gasteiger partial charge in [0, 0.05) is 33.2 Å². The van der Waals surface area contributed by atoms with Crippen LogP contribution >= 0.6 is 0 Å². The maximum atomic E-state index is 5.01. The number of aromatic nitrogens is 3. The lowest BCUT2D eigenvalue weighted by atomic mass is 10.0. The van der Waals surface area contributed by atoms with E-state index in [4.69, 9.17) is 9.97 Å². The van der Waals surface area contributed by atoms with Crippen molar-refractivity contribution < 1.29 is 0 Å². The lowest BCUT2D eigenvalue weighted by molar-refractivity contribution is 1.17. The molecule has 0 aliphatic rings. The van der Waals surface area contributed by atoms with Gasteiger partial charge in [0.1, 0.15) is 0 Å². The molecule has 2 heterocycles.